The number of aromatic nitrogens is 4. The topological polar surface area (TPSA) is 63.6 Å². The van der Waals surface area contributed by atoms with Gasteiger partial charge in [-0.1, -0.05) is 16.1 Å². The second-order valence-electron chi connectivity index (χ2n) is 3.30. The average Bonchev–Trinajstić information content (AvgIpc) is 2.97. The zero-order valence-corrected chi connectivity index (χ0v) is 10.8. The summed E-state index contributed by atoms with van der Waals surface area (Å²) in [7, 11) is 0. The average molecular weight is 284 g/mol. The monoisotopic (exact) mass is 283 g/mol. The quantitative estimate of drug-likeness (QED) is 0.801. The summed E-state index contributed by atoms with van der Waals surface area (Å²) < 4.78 is 12.2. The molecule has 0 saturated carbocycles. The van der Waals surface area contributed by atoms with E-state index in [2.05, 4.69) is 23.7 Å². The van der Waals surface area contributed by atoms with Crippen molar-refractivity contribution in [3.05, 3.63) is 28.2 Å². The molecule has 5 nitrogen and oxygen atoms in total. The maximum atomic E-state index is 6.14. The van der Waals surface area contributed by atoms with E-state index in [9.17, 15) is 0 Å². The Morgan fingerprint density at radius 3 is 3.06 bits per heavy atom. The lowest BCUT2D eigenvalue weighted by Gasteiger charge is -2.06. The number of nitrogens with one attached hydrogen (secondary N) is 1. The molecule has 17 heavy (non-hydrogen) atoms. The van der Waals surface area contributed by atoms with Crippen LogP contribution in [0.4, 0.5) is 5.69 Å². The van der Waals surface area contributed by atoms with Crippen molar-refractivity contribution in [2.75, 3.05) is 5.32 Å². The first kappa shape index (κ1) is 10.8. The van der Waals surface area contributed by atoms with E-state index in [0.717, 1.165) is 22.4 Å². The minimum atomic E-state index is 0.576. The van der Waals surface area contributed by atoms with Gasteiger partial charge in [0.25, 0.3) is 0 Å². The molecule has 1 aromatic carbocycles. The van der Waals surface area contributed by atoms with Crippen LogP contribution in [-0.4, -0.2) is 18.3 Å². The predicted octanol–water partition coefficient (Wildman–Crippen LogP) is 2.81. The molecule has 3 rings (SSSR count). The summed E-state index contributed by atoms with van der Waals surface area (Å²) in [6, 6.07) is 3.67. The van der Waals surface area contributed by atoms with Crippen molar-refractivity contribution in [3.63, 3.8) is 0 Å². The lowest BCUT2D eigenvalue weighted by molar-refractivity contribution is 1.000. The van der Waals surface area contributed by atoms with Gasteiger partial charge >= 0.3 is 0 Å². The third-order valence-corrected chi connectivity index (χ3v) is 3.64. The van der Waals surface area contributed by atoms with E-state index in [4.69, 9.17) is 11.6 Å². The van der Waals surface area contributed by atoms with Crippen LogP contribution in [0, 0.1) is 0 Å². The Kier molecular flexibility index (Phi) is 2.87. The van der Waals surface area contributed by atoms with E-state index in [1.807, 2.05) is 17.5 Å². The van der Waals surface area contributed by atoms with E-state index >= 15 is 0 Å². The Bertz CT molecular complexity index is 636. The molecule has 8 heteroatoms. The zero-order chi connectivity index (χ0) is 11.7. The molecule has 0 unspecified atom stereocenters. The molecule has 0 bridgehead atoms. The molecule has 0 aliphatic carbocycles. The highest BCUT2D eigenvalue weighted by atomic mass is 35.5. The SMILES string of the molecule is Clc1ccc2nsnc2c1NCc1csnn1. The Morgan fingerprint density at radius 2 is 2.24 bits per heavy atom. The summed E-state index contributed by atoms with van der Waals surface area (Å²) >= 11 is 8.64. The highest BCUT2D eigenvalue weighted by Gasteiger charge is 2.09. The molecule has 0 atom stereocenters. The third kappa shape index (κ3) is 2.08. The second kappa shape index (κ2) is 4.52. The van der Waals surface area contributed by atoms with Crippen molar-refractivity contribution in [1.82, 2.24) is 18.3 Å². The van der Waals surface area contributed by atoms with E-state index < -0.39 is 0 Å². The van der Waals surface area contributed by atoms with Crippen molar-refractivity contribution < 1.29 is 0 Å². The minimum Gasteiger partial charge on any atom is -0.376 e. The van der Waals surface area contributed by atoms with Crippen molar-refractivity contribution >= 4 is 51.6 Å². The molecule has 0 saturated heterocycles. The number of benzene rings is 1. The van der Waals surface area contributed by atoms with Gasteiger partial charge in [-0.05, 0) is 23.7 Å². The van der Waals surface area contributed by atoms with Crippen molar-refractivity contribution in [1.29, 1.82) is 0 Å². The van der Waals surface area contributed by atoms with Crippen molar-refractivity contribution in [2.24, 2.45) is 0 Å². The standard InChI is InChI=1S/C9H6ClN5S2/c10-6-1-2-7-9(14-17-13-7)8(6)11-3-5-4-16-15-12-5/h1-2,4,11H,3H2. The Labute approximate surface area is 110 Å². The summed E-state index contributed by atoms with van der Waals surface area (Å²) in [4.78, 5) is 0. The van der Waals surface area contributed by atoms with E-state index in [1.165, 1.54) is 23.3 Å². The first-order valence-corrected chi connectivity index (χ1v) is 6.69. The highest BCUT2D eigenvalue weighted by molar-refractivity contribution is 7.03. The highest BCUT2D eigenvalue weighted by Crippen LogP contribution is 2.30. The first-order chi connectivity index (χ1) is 8.34. The molecule has 2 heterocycles. The third-order valence-electron chi connectivity index (χ3n) is 2.23. The molecule has 0 spiro atoms. The summed E-state index contributed by atoms with van der Waals surface area (Å²) in [6.07, 6.45) is 0. The maximum Gasteiger partial charge on any atom is 0.129 e. The fourth-order valence-electron chi connectivity index (χ4n) is 1.43. The normalized spacial score (nSPS) is 10.9. The zero-order valence-electron chi connectivity index (χ0n) is 8.42. The van der Waals surface area contributed by atoms with Crippen LogP contribution in [0.5, 0.6) is 0 Å². The molecule has 0 radical (unpaired) electrons. The number of anilines is 1. The minimum absolute atomic E-state index is 0.576. The number of fused-ring (bicyclic) bond motifs is 1. The van der Waals surface area contributed by atoms with Crippen LogP contribution < -0.4 is 5.32 Å². The van der Waals surface area contributed by atoms with Gasteiger partial charge in [0.05, 0.1) is 34.7 Å². The molecule has 0 aliphatic heterocycles. The summed E-state index contributed by atoms with van der Waals surface area (Å²) in [5, 5.41) is 9.70. The van der Waals surface area contributed by atoms with Crippen LogP contribution in [0.15, 0.2) is 17.5 Å². The van der Waals surface area contributed by atoms with Gasteiger partial charge in [-0.25, -0.2) is 0 Å². The predicted molar refractivity (Wildman–Crippen MR) is 69.7 cm³/mol. The van der Waals surface area contributed by atoms with Crippen LogP contribution in [0.3, 0.4) is 0 Å². The van der Waals surface area contributed by atoms with Crippen LogP contribution in [-0.2, 0) is 6.54 Å². The second-order valence-corrected chi connectivity index (χ2v) is 4.85. The van der Waals surface area contributed by atoms with Crippen molar-refractivity contribution in [3.8, 4) is 0 Å². The van der Waals surface area contributed by atoms with Gasteiger partial charge < -0.3 is 5.32 Å². The number of nitrogens with zero attached hydrogens (tertiary/aromatic N) is 4. The molecule has 86 valence electrons. The largest absolute Gasteiger partial charge is 0.376 e. The van der Waals surface area contributed by atoms with Gasteiger partial charge in [-0.2, -0.15) is 8.75 Å². The fourth-order valence-corrected chi connectivity index (χ4v) is 2.65. The van der Waals surface area contributed by atoms with Gasteiger partial charge in [0.2, 0.25) is 0 Å². The molecule has 2 aromatic heterocycles. The molecule has 0 fully saturated rings. The van der Waals surface area contributed by atoms with Crippen LogP contribution >= 0.6 is 34.9 Å². The van der Waals surface area contributed by atoms with Crippen molar-refractivity contribution in [2.45, 2.75) is 6.54 Å². The van der Waals surface area contributed by atoms with Crippen LogP contribution in [0.2, 0.25) is 5.02 Å². The first-order valence-electron chi connectivity index (χ1n) is 4.75. The molecular weight excluding hydrogens is 278 g/mol. The van der Waals surface area contributed by atoms with E-state index in [0.29, 0.717) is 11.6 Å². The summed E-state index contributed by atoms with van der Waals surface area (Å²) in [5.74, 6) is 0. The van der Waals surface area contributed by atoms with Gasteiger partial charge in [0.1, 0.15) is 11.0 Å². The number of hydrogen-bond donors (Lipinski definition) is 1. The number of rotatable bonds is 3. The lowest BCUT2D eigenvalue weighted by atomic mass is 10.2. The maximum absolute atomic E-state index is 6.14. The Balaban J connectivity index is 1.93. The van der Waals surface area contributed by atoms with Gasteiger partial charge in [-0.3, -0.25) is 0 Å². The smallest absolute Gasteiger partial charge is 0.129 e. The van der Waals surface area contributed by atoms with E-state index in [-0.39, 0.29) is 0 Å². The molecule has 3 aromatic rings. The molecule has 0 aliphatic rings. The summed E-state index contributed by atoms with van der Waals surface area (Å²) in [5.41, 5.74) is 3.32. The molecule has 1 N–H and O–H groups in total. The Morgan fingerprint density at radius 1 is 1.29 bits per heavy atom. The molecule has 0 amide bonds. The lowest BCUT2D eigenvalue weighted by Crippen LogP contribution is -2.01. The number of hydrogen-bond acceptors (Lipinski definition) is 7. The van der Waals surface area contributed by atoms with Gasteiger partial charge in [0, 0.05) is 5.38 Å². The number of halogens is 1. The van der Waals surface area contributed by atoms with Gasteiger partial charge in [0.15, 0.2) is 0 Å². The Hall–Kier alpha value is -1.31. The fraction of sp³-hybridized carbons (Fsp3) is 0.111. The van der Waals surface area contributed by atoms with Crippen LogP contribution in [0.1, 0.15) is 5.69 Å². The van der Waals surface area contributed by atoms with Crippen LogP contribution in [0.25, 0.3) is 11.0 Å². The molecular formula is C9H6ClN5S2. The van der Waals surface area contributed by atoms with Gasteiger partial charge in [-0.15, -0.1) is 5.10 Å². The van der Waals surface area contributed by atoms with E-state index in [1.54, 1.807) is 0 Å². The summed E-state index contributed by atoms with van der Waals surface area (Å²) in [6.45, 7) is 0.576.